The van der Waals surface area contributed by atoms with Crippen LogP contribution in [0.2, 0.25) is 0 Å². The van der Waals surface area contributed by atoms with Crippen molar-refractivity contribution >= 4 is 26.0 Å². The van der Waals surface area contributed by atoms with Crippen molar-refractivity contribution in [3.63, 3.8) is 0 Å². The molecule has 0 radical (unpaired) electrons. The average Bonchev–Trinajstić information content (AvgIpc) is 2.42. The molecule has 1 unspecified atom stereocenters. The molecule has 1 aromatic rings. The first-order chi connectivity index (χ1) is 9.40. The molecule has 0 spiro atoms. The van der Waals surface area contributed by atoms with Crippen LogP contribution in [-0.4, -0.2) is 27.7 Å². The summed E-state index contributed by atoms with van der Waals surface area (Å²) in [6.07, 6.45) is 1.81. The molecule has 0 amide bonds. The van der Waals surface area contributed by atoms with Gasteiger partial charge in [-0.15, -0.1) is 0 Å². The third-order valence-corrected chi connectivity index (χ3v) is 6.20. The molecule has 1 saturated heterocycles. The van der Waals surface area contributed by atoms with E-state index in [4.69, 9.17) is 4.74 Å². The highest BCUT2D eigenvalue weighted by molar-refractivity contribution is 9.10. The zero-order valence-corrected chi connectivity index (χ0v) is 14.1. The summed E-state index contributed by atoms with van der Waals surface area (Å²) < 4.78 is 33.8. The molecule has 1 atom stereocenters. The van der Waals surface area contributed by atoms with Gasteiger partial charge in [0.25, 0.3) is 0 Å². The molecule has 1 fully saturated rings. The van der Waals surface area contributed by atoms with Gasteiger partial charge in [0.2, 0.25) is 10.0 Å². The van der Waals surface area contributed by atoms with Gasteiger partial charge in [-0.3, -0.25) is 0 Å². The number of nitrogens with one attached hydrogen (secondary N) is 1. The zero-order chi connectivity index (χ0) is 14.8. The van der Waals surface area contributed by atoms with E-state index in [9.17, 15) is 8.42 Å². The van der Waals surface area contributed by atoms with Crippen molar-refractivity contribution in [2.75, 3.05) is 13.2 Å². The Labute approximate surface area is 129 Å². The minimum Gasteiger partial charge on any atom is -0.381 e. The molecule has 0 saturated carbocycles. The second-order valence-electron chi connectivity index (χ2n) is 5.27. The zero-order valence-electron chi connectivity index (χ0n) is 11.7. The Bertz CT molecular complexity index is 568. The molecule has 0 bridgehead atoms. The van der Waals surface area contributed by atoms with Crippen molar-refractivity contribution in [1.82, 2.24) is 4.72 Å². The van der Waals surface area contributed by atoms with Crippen LogP contribution in [0, 0.1) is 12.8 Å². The van der Waals surface area contributed by atoms with Crippen LogP contribution in [0.1, 0.15) is 25.3 Å². The molecule has 1 N–H and O–H groups in total. The van der Waals surface area contributed by atoms with Crippen molar-refractivity contribution < 1.29 is 13.2 Å². The average molecular weight is 362 g/mol. The van der Waals surface area contributed by atoms with Crippen LogP contribution in [0.5, 0.6) is 0 Å². The van der Waals surface area contributed by atoms with Crippen LogP contribution in [0.3, 0.4) is 0 Å². The van der Waals surface area contributed by atoms with Gasteiger partial charge in [-0.1, -0.05) is 15.9 Å². The molecule has 6 heteroatoms. The highest BCUT2D eigenvalue weighted by atomic mass is 79.9. The first-order valence-corrected chi connectivity index (χ1v) is 9.04. The number of halogens is 1. The predicted octanol–water partition coefficient (Wildman–Crippen LogP) is 2.85. The molecule has 20 heavy (non-hydrogen) atoms. The second-order valence-corrected chi connectivity index (χ2v) is 7.84. The molecule has 4 nitrogen and oxygen atoms in total. The number of ether oxygens (including phenoxy) is 1. The van der Waals surface area contributed by atoms with Gasteiger partial charge in [0.15, 0.2) is 0 Å². The Morgan fingerprint density at radius 2 is 2.00 bits per heavy atom. The first-order valence-electron chi connectivity index (χ1n) is 6.76. The van der Waals surface area contributed by atoms with Gasteiger partial charge >= 0.3 is 0 Å². The summed E-state index contributed by atoms with van der Waals surface area (Å²) in [6.45, 7) is 5.24. The van der Waals surface area contributed by atoms with Crippen LogP contribution < -0.4 is 4.72 Å². The van der Waals surface area contributed by atoms with Crippen LogP contribution in [-0.2, 0) is 14.8 Å². The van der Waals surface area contributed by atoms with Gasteiger partial charge in [0, 0.05) is 23.7 Å². The lowest BCUT2D eigenvalue weighted by molar-refractivity contribution is 0.0585. The quantitative estimate of drug-likeness (QED) is 0.896. The Kier molecular flexibility index (Phi) is 5.23. The lowest BCUT2D eigenvalue weighted by Crippen LogP contribution is -2.40. The summed E-state index contributed by atoms with van der Waals surface area (Å²) in [5.74, 6) is 0.343. The van der Waals surface area contributed by atoms with E-state index in [1.165, 1.54) is 0 Å². The van der Waals surface area contributed by atoms with Crippen molar-refractivity contribution in [2.45, 2.75) is 37.6 Å². The normalized spacial score (nSPS) is 18.9. The third kappa shape index (κ3) is 3.81. The van der Waals surface area contributed by atoms with E-state index in [2.05, 4.69) is 20.7 Å². The minimum atomic E-state index is -3.46. The van der Waals surface area contributed by atoms with Crippen molar-refractivity contribution in [3.05, 3.63) is 28.2 Å². The summed E-state index contributed by atoms with van der Waals surface area (Å²) in [7, 11) is -3.46. The van der Waals surface area contributed by atoms with Crippen LogP contribution in [0.25, 0.3) is 0 Å². The van der Waals surface area contributed by atoms with E-state index in [1.54, 1.807) is 18.2 Å². The fourth-order valence-electron chi connectivity index (χ4n) is 2.41. The summed E-state index contributed by atoms with van der Waals surface area (Å²) >= 11 is 3.38. The van der Waals surface area contributed by atoms with Gasteiger partial charge in [0.1, 0.15) is 0 Å². The maximum absolute atomic E-state index is 12.4. The van der Waals surface area contributed by atoms with E-state index < -0.39 is 10.0 Å². The van der Waals surface area contributed by atoms with Gasteiger partial charge < -0.3 is 4.74 Å². The Morgan fingerprint density at radius 1 is 1.35 bits per heavy atom. The molecule has 0 aliphatic carbocycles. The summed E-state index contributed by atoms with van der Waals surface area (Å²) in [4.78, 5) is 0.317. The van der Waals surface area contributed by atoms with Gasteiger partial charge in [0.05, 0.1) is 4.90 Å². The monoisotopic (exact) mass is 361 g/mol. The Morgan fingerprint density at radius 3 is 2.60 bits per heavy atom. The number of hydrogen-bond donors (Lipinski definition) is 1. The SMILES string of the molecule is Cc1cc(S(=O)(=O)NC(C)C2CCOCC2)ccc1Br. The number of sulfonamides is 1. The Balaban J connectivity index is 2.11. The molecule has 112 valence electrons. The predicted molar refractivity (Wildman–Crippen MR) is 82.2 cm³/mol. The van der Waals surface area contributed by atoms with E-state index >= 15 is 0 Å². The van der Waals surface area contributed by atoms with Gasteiger partial charge in [-0.05, 0) is 56.4 Å². The van der Waals surface area contributed by atoms with Crippen molar-refractivity contribution in [2.24, 2.45) is 5.92 Å². The summed E-state index contributed by atoms with van der Waals surface area (Å²) in [5.41, 5.74) is 0.909. The van der Waals surface area contributed by atoms with Crippen LogP contribution in [0.4, 0.5) is 0 Å². The van der Waals surface area contributed by atoms with Crippen molar-refractivity contribution in [3.8, 4) is 0 Å². The van der Waals surface area contributed by atoms with Crippen LogP contribution >= 0.6 is 15.9 Å². The molecule has 0 aromatic heterocycles. The number of benzene rings is 1. The molecule has 1 aromatic carbocycles. The first kappa shape index (κ1) is 15.9. The van der Waals surface area contributed by atoms with Gasteiger partial charge in [-0.2, -0.15) is 0 Å². The smallest absolute Gasteiger partial charge is 0.240 e. The van der Waals surface area contributed by atoms with E-state index in [0.29, 0.717) is 24.0 Å². The molecular formula is C14H20BrNO3S. The van der Waals surface area contributed by atoms with Crippen LogP contribution in [0.15, 0.2) is 27.6 Å². The standard InChI is InChI=1S/C14H20BrNO3S/c1-10-9-13(3-4-14(10)15)20(17,18)16-11(2)12-5-7-19-8-6-12/h3-4,9,11-12,16H,5-8H2,1-2H3. The van der Waals surface area contributed by atoms with Crippen molar-refractivity contribution in [1.29, 1.82) is 0 Å². The number of aryl methyl sites for hydroxylation is 1. The summed E-state index contributed by atoms with van der Waals surface area (Å²) in [6, 6.07) is 5.00. The summed E-state index contributed by atoms with van der Waals surface area (Å²) in [5, 5.41) is 0. The molecule has 1 heterocycles. The number of hydrogen-bond acceptors (Lipinski definition) is 3. The third-order valence-electron chi connectivity index (χ3n) is 3.75. The molecule has 1 aliphatic heterocycles. The topological polar surface area (TPSA) is 55.4 Å². The fraction of sp³-hybridized carbons (Fsp3) is 0.571. The van der Waals surface area contributed by atoms with E-state index in [0.717, 1.165) is 22.9 Å². The van der Waals surface area contributed by atoms with E-state index in [1.807, 2.05) is 13.8 Å². The number of rotatable bonds is 4. The highest BCUT2D eigenvalue weighted by Crippen LogP contribution is 2.23. The van der Waals surface area contributed by atoms with Gasteiger partial charge in [-0.25, -0.2) is 13.1 Å². The maximum atomic E-state index is 12.4. The lowest BCUT2D eigenvalue weighted by Gasteiger charge is -2.28. The minimum absolute atomic E-state index is 0.0761. The largest absolute Gasteiger partial charge is 0.381 e. The highest BCUT2D eigenvalue weighted by Gasteiger charge is 2.25. The van der Waals surface area contributed by atoms with E-state index in [-0.39, 0.29) is 6.04 Å². The maximum Gasteiger partial charge on any atom is 0.240 e. The Hall–Kier alpha value is -0.430. The molecule has 1 aliphatic rings. The fourth-order valence-corrected chi connectivity index (χ4v) is 4.05. The molecular weight excluding hydrogens is 342 g/mol. The lowest BCUT2D eigenvalue weighted by atomic mass is 9.94. The molecule has 2 rings (SSSR count). The second kappa shape index (κ2) is 6.56.